The topological polar surface area (TPSA) is 125 Å². The highest BCUT2D eigenvalue weighted by Gasteiger charge is 2.65. The highest BCUT2D eigenvalue weighted by Crippen LogP contribution is 2.51. The van der Waals surface area contributed by atoms with Crippen LogP contribution in [-0.4, -0.2) is 59.6 Å². The second-order valence-corrected chi connectivity index (χ2v) is 9.94. The highest BCUT2D eigenvalue weighted by molar-refractivity contribution is 6.31. The summed E-state index contributed by atoms with van der Waals surface area (Å²) in [6.45, 7) is 5.06. The first-order chi connectivity index (χ1) is 16.7. The summed E-state index contributed by atoms with van der Waals surface area (Å²) in [7, 11) is 0. The number of carbonyl (C=O) groups is 3. The average Bonchev–Trinajstić information content (AvgIpc) is 3.30. The van der Waals surface area contributed by atoms with Crippen LogP contribution in [0, 0.1) is 11.3 Å². The zero-order valence-electron chi connectivity index (χ0n) is 20.2. The summed E-state index contributed by atoms with van der Waals surface area (Å²) in [5.74, 6) is -1.38. The summed E-state index contributed by atoms with van der Waals surface area (Å²) in [5.41, 5.74) is 3.01. The molecule has 1 saturated carbocycles. The van der Waals surface area contributed by atoms with Gasteiger partial charge >= 0.3 is 6.09 Å². The fourth-order valence-electron chi connectivity index (χ4n) is 5.78. The molecule has 2 aromatic rings. The van der Waals surface area contributed by atoms with Crippen molar-refractivity contribution in [2.45, 2.75) is 58.0 Å². The van der Waals surface area contributed by atoms with E-state index in [-0.39, 0.29) is 24.1 Å². The Bertz CT molecular complexity index is 1110. The third-order valence-corrected chi connectivity index (χ3v) is 7.92. The molecular formula is C25H32ClN3O6. The third kappa shape index (κ3) is 4.51. The van der Waals surface area contributed by atoms with Gasteiger partial charge in [-0.2, -0.15) is 0 Å². The number of fused-ring (bicyclic) bond motifs is 1. The van der Waals surface area contributed by atoms with Crippen LogP contribution in [0.15, 0.2) is 22.6 Å². The van der Waals surface area contributed by atoms with Gasteiger partial charge < -0.3 is 24.5 Å². The molecule has 35 heavy (non-hydrogen) atoms. The van der Waals surface area contributed by atoms with Crippen molar-refractivity contribution < 1.29 is 28.3 Å². The minimum Gasteiger partial charge on any atom is -0.434 e. The molecule has 2 N–H and O–H groups in total. The summed E-state index contributed by atoms with van der Waals surface area (Å²) < 4.78 is 17.0. The van der Waals surface area contributed by atoms with Gasteiger partial charge in [0.05, 0.1) is 18.6 Å². The van der Waals surface area contributed by atoms with E-state index in [1.54, 1.807) is 36.9 Å². The standard InChI is InChI=1S/C25H32ClN3O6/c1-3-25(35-23(27)32,20(30)21-28-18-15-17(26)9-10-19(18)34-21)24(2,16-7-5-4-6-8-16)22(31)29-11-13-33-14-12-29/h9-10,15-16H,3-8,11-14H2,1-2H3,(H2,27,32)/t24?,25-/m1/s1. The second-order valence-electron chi connectivity index (χ2n) is 9.50. The summed E-state index contributed by atoms with van der Waals surface area (Å²) in [4.78, 5) is 46.9. The normalized spacial score (nSPS) is 20.7. The molecule has 10 heteroatoms. The quantitative estimate of drug-likeness (QED) is 0.554. The van der Waals surface area contributed by atoms with Crippen molar-refractivity contribution in [2.75, 3.05) is 26.3 Å². The van der Waals surface area contributed by atoms with E-state index in [0.717, 1.165) is 32.1 Å². The smallest absolute Gasteiger partial charge is 0.405 e. The third-order valence-electron chi connectivity index (χ3n) is 7.69. The summed E-state index contributed by atoms with van der Waals surface area (Å²) in [6, 6.07) is 4.83. The molecule has 9 nitrogen and oxygen atoms in total. The number of ketones is 1. The number of hydrogen-bond acceptors (Lipinski definition) is 7. The molecule has 1 aliphatic heterocycles. The molecule has 0 spiro atoms. The molecule has 1 unspecified atom stereocenters. The van der Waals surface area contributed by atoms with E-state index < -0.39 is 22.9 Å². The van der Waals surface area contributed by atoms with Gasteiger partial charge in [0.15, 0.2) is 11.2 Å². The van der Waals surface area contributed by atoms with Crippen molar-refractivity contribution in [1.29, 1.82) is 0 Å². The Kier molecular flexibility index (Phi) is 7.38. The van der Waals surface area contributed by atoms with Crippen LogP contribution in [0.1, 0.15) is 63.1 Å². The number of rotatable bonds is 7. The second kappa shape index (κ2) is 10.1. The molecule has 2 atom stereocenters. The number of carbonyl (C=O) groups excluding carboxylic acids is 3. The van der Waals surface area contributed by atoms with Gasteiger partial charge in [-0.3, -0.25) is 9.59 Å². The lowest BCUT2D eigenvalue weighted by Gasteiger charge is -2.51. The number of amides is 2. The highest BCUT2D eigenvalue weighted by atomic mass is 35.5. The van der Waals surface area contributed by atoms with Crippen molar-refractivity contribution in [2.24, 2.45) is 17.1 Å². The lowest BCUT2D eigenvalue weighted by molar-refractivity contribution is -0.168. The van der Waals surface area contributed by atoms with Crippen LogP contribution >= 0.6 is 11.6 Å². The number of primary amides is 1. The van der Waals surface area contributed by atoms with E-state index in [2.05, 4.69) is 4.98 Å². The Morgan fingerprint density at radius 2 is 1.89 bits per heavy atom. The predicted octanol–water partition coefficient (Wildman–Crippen LogP) is 4.35. The molecule has 0 bridgehead atoms. The molecular weight excluding hydrogens is 474 g/mol. The van der Waals surface area contributed by atoms with Crippen LogP contribution in [0.5, 0.6) is 0 Å². The number of nitrogens with two attached hydrogens (primary N) is 1. The van der Waals surface area contributed by atoms with Crippen LogP contribution < -0.4 is 5.73 Å². The first-order valence-electron chi connectivity index (χ1n) is 12.2. The number of nitrogens with zero attached hydrogens (tertiary/aromatic N) is 2. The van der Waals surface area contributed by atoms with E-state index in [9.17, 15) is 14.4 Å². The molecule has 2 amide bonds. The largest absolute Gasteiger partial charge is 0.434 e. The van der Waals surface area contributed by atoms with E-state index in [1.165, 1.54) is 0 Å². The van der Waals surface area contributed by atoms with Crippen molar-refractivity contribution in [3.05, 3.63) is 29.1 Å². The molecule has 1 aromatic heterocycles. The van der Waals surface area contributed by atoms with Crippen LogP contribution in [0.25, 0.3) is 11.1 Å². The molecule has 4 rings (SSSR count). The Hall–Kier alpha value is -2.65. The molecule has 2 heterocycles. The van der Waals surface area contributed by atoms with E-state index in [1.807, 2.05) is 0 Å². The molecule has 2 fully saturated rings. The Morgan fingerprint density at radius 1 is 1.20 bits per heavy atom. The SMILES string of the molecule is CC[C@@](OC(N)=O)(C(=O)c1nc2cc(Cl)ccc2o1)C(C)(C(=O)N1CCOCC1)C1CCCCC1. The zero-order chi connectivity index (χ0) is 25.2. The summed E-state index contributed by atoms with van der Waals surface area (Å²) >= 11 is 6.08. The van der Waals surface area contributed by atoms with Gasteiger partial charge in [0, 0.05) is 18.1 Å². The van der Waals surface area contributed by atoms with Crippen molar-refractivity contribution in [3.8, 4) is 0 Å². The van der Waals surface area contributed by atoms with E-state index in [0.29, 0.717) is 42.4 Å². The van der Waals surface area contributed by atoms with Crippen LogP contribution in [0.4, 0.5) is 4.79 Å². The van der Waals surface area contributed by atoms with Gasteiger partial charge in [0.25, 0.3) is 11.7 Å². The maximum absolute atomic E-state index is 14.3. The number of Topliss-reactive ketones (excluding diaryl/α,β-unsaturated/α-hetero) is 1. The molecule has 0 radical (unpaired) electrons. The van der Waals surface area contributed by atoms with Crippen molar-refractivity contribution in [1.82, 2.24) is 9.88 Å². The fraction of sp³-hybridized carbons (Fsp3) is 0.600. The maximum Gasteiger partial charge on any atom is 0.405 e. The first kappa shape index (κ1) is 25.4. The average molecular weight is 506 g/mol. The Labute approximate surface area is 209 Å². The van der Waals surface area contributed by atoms with Gasteiger partial charge in [-0.1, -0.05) is 37.8 Å². The lowest BCUT2D eigenvalue weighted by Crippen LogP contribution is -2.66. The summed E-state index contributed by atoms with van der Waals surface area (Å²) in [5, 5.41) is 0.439. The van der Waals surface area contributed by atoms with Gasteiger partial charge in [-0.25, -0.2) is 9.78 Å². The monoisotopic (exact) mass is 505 g/mol. The maximum atomic E-state index is 14.3. The number of halogens is 1. The molecule has 2 aliphatic rings. The molecule has 190 valence electrons. The van der Waals surface area contributed by atoms with Crippen LogP contribution in [-0.2, 0) is 14.3 Å². The van der Waals surface area contributed by atoms with Gasteiger partial charge in [0.2, 0.25) is 5.91 Å². The summed E-state index contributed by atoms with van der Waals surface area (Å²) in [6.07, 6.45) is 3.24. The minimum absolute atomic E-state index is 0.0251. The van der Waals surface area contributed by atoms with Crippen molar-refractivity contribution in [3.63, 3.8) is 0 Å². The molecule has 1 aliphatic carbocycles. The van der Waals surface area contributed by atoms with Crippen LogP contribution in [0.3, 0.4) is 0 Å². The minimum atomic E-state index is -1.90. The van der Waals surface area contributed by atoms with Gasteiger partial charge in [-0.05, 0) is 50.3 Å². The number of hydrogen-bond donors (Lipinski definition) is 1. The van der Waals surface area contributed by atoms with Gasteiger partial charge in [0.1, 0.15) is 5.52 Å². The lowest BCUT2D eigenvalue weighted by atomic mass is 9.57. The number of benzene rings is 1. The molecule has 1 aromatic carbocycles. The number of morpholine rings is 1. The Balaban J connectivity index is 1.88. The van der Waals surface area contributed by atoms with E-state index in [4.69, 9.17) is 31.2 Å². The molecule has 1 saturated heterocycles. The predicted molar refractivity (Wildman–Crippen MR) is 129 cm³/mol. The zero-order valence-corrected chi connectivity index (χ0v) is 20.9. The number of ether oxygens (including phenoxy) is 2. The fourth-order valence-corrected chi connectivity index (χ4v) is 5.95. The number of oxazole rings is 1. The van der Waals surface area contributed by atoms with E-state index >= 15 is 0 Å². The Morgan fingerprint density at radius 3 is 2.51 bits per heavy atom. The van der Waals surface area contributed by atoms with Gasteiger partial charge in [-0.15, -0.1) is 0 Å². The first-order valence-corrected chi connectivity index (χ1v) is 12.6. The number of aromatic nitrogens is 1. The van der Waals surface area contributed by atoms with Crippen LogP contribution in [0.2, 0.25) is 5.02 Å². The van der Waals surface area contributed by atoms with Crippen molar-refractivity contribution >= 4 is 40.5 Å².